The molecule has 1 N–H and O–H groups in total. The smallest absolute Gasteiger partial charge is 0.300 e. The lowest BCUT2D eigenvalue weighted by Gasteiger charge is -2.26. The fraction of sp³-hybridized carbons (Fsp3) is 0.214. The number of halogens is 2. The summed E-state index contributed by atoms with van der Waals surface area (Å²) in [6.45, 7) is 2.57. The fourth-order valence-corrected chi connectivity index (χ4v) is 4.81. The van der Waals surface area contributed by atoms with Gasteiger partial charge in [0.1, 0.15) is 17.3 Å². The number of Topliss-reactive ketones (excluding diaryl/α,β-unsaturated/α-hetero) is 1. The zero-order valence-electron chi connectivity index (χ0n) is 20.5. The number of ketones is 1. The van der Waals surface area contributed by atoms with E-state index >= 15 is 0 Å². The monoisotopic (exact) mass is 541 g/mol. The molecule has 1 fully saturated rings. The van der Waals surface area contributed by atoms with Crippen molar-refractivity contribution in [3.63, 3.8) is 0 Å². The minimum Gasteiger partial charge on any atom is -0.507 e. The third-order valence-electron chi connectivity index (χ3n) is 5.94. The number of rotatable bonds is 8. The Labute approximate surface area is 224 Å². The molecule has 0 bridgehead atoms. The predicted octanol–water partition coefficient (Wildman–Crippen LogP) is 6.43. The van der Waals surface area contributed by atoms with Crippen LogP contribution in [0.5, 0.6) is 17.2 Å². The zero-order chi connectivity index (χ0) is 26.7. The van der Waals surface area contributed by atoms with E-state index in [1.54, 1.807) is 48.5 Å². The van der Waals surface area contributed by atoms with Crippen LogP contribution in [0.4, 0.5) is 5.69 Å². The number of ether oxygens (including phenoxy) is 3. The van der Waals surface area contributed by atoms with E-state index in [1.807, 2.05) is 6.92 Å². The molecule has 37 heavy (non-hydrogen) atoms. The number of aliphatic hydroxyl groups excluding tert-OH is 1. The fourth-order valence-electron chi connectivity index (χ4n) is 4.17. The summed E-state index contributed by atoms with van der Waals surface area (Å²) in [6.07, 6.45) is 0.854. The van der Waals surface area contributed by atoms with E-state index in [2.05, 4.69) is 0 Å². The van der Waals surface area contributed by atoms with Gasteiger partial charge in [-0.05, 0) is 60.5 Å². The average molecular weight is 542 g/mol. The van der Waals surface area contributed by atoms with Crippen molar-refractivity contribution < 1.29 is 28.9 Å². The summed E-state index contributed by atoms with van der Waals surface area (Å²) in [5, 5.41) is 11.6. The molecule has 4 rings (SSSR count). The average Bonchev–Trinajstić information content (AvgIpc) is 3.17. The molecule has 0 spiro atoms. The number of aliphatic hydroxyl groups is 1. The van der Waals surface area contributed by atoms with E-state index < -0.39 is 23.5 Å². The van der Waals surface area contributed by atoms with Crippen LogP contribution >= 0.6 is 23.2 Å². The number of methoxy groups -OCH3 is 2. The second-order valence-corrected chi connectivity index (χ2v) is 9.07. The van der Waals surface area contributed by atoms with Crippen LogP contribution in [0.25, 0.3) is 5.76 Å². The molecule has 9 heteroatoms. The number of amides is 1. The van der Waals surface area contributed by atoms with Crippen molar-refractivity contribution in [3.8, 4) is 17.2 Å². The van der Waals surface area contributed by atoms with Crippen LogP contribution < -0.4 is 19.1 Å². The molecule has 1 unspecified atom stereocenters. The maximum atomic E-state index is 13.4. The number of carbonyl (C=O) groups is 2. The number of carbonyl (C=O) groups excluding carboxylic acids is 2. The molecule has 1 aliphatic rings. The normalized spacial score (nSPS) is 16.7. The first-order chi connectivity index (χ1) is 17.8. The second kappa shape index (κ2) is 11.2. The van der Waals surface area contributed by atoms with Crippen molar-refractivity contribution in [1.82, 2.24) is 0 Å². The number of hydrogen-bond donors (Lipinski definition) is 1. The van der Waals surface area contributed by atoms with Crippen molar-refractivity contribution in [2.24, 2.45) is 0 Å². The summed E-state index contributed by atoms with van der Waals surface area (Å²) in [5.74, 6) is -0.547. The molecule has 1 aliphatic heterocycles. The van der Waals surface area contributed by atoms with Crippen LogP contribution in [0, 0.1) is 0 Å². The van der Waals surface area contributed by atoms with E-state index in [1.165, 1.54) is 31.3 Å². The molecular formula is C28H25Cl2NO6. The molecule has 3 aromatic carbocycles. The maximum absolute atomic E-state index is 13.4. The predicted molar refractivity (Wildman–Crippen MR) is 143 cm³/mol. The van der Waals surface area contributed by atoms with E-state index in [9.17, 15) is 14.7 Å². The Hall–Kier alpha value is -3.68. The van der Waals surface area contributed by atoms with Gasteiger partial charge in [-0.2, -0.15) is 0 Å². The van der Waals surface area contributed by atoms with Crippen molar-refractivity contribution in [2.45, 2.75) is 19.4 Å². The van der Waals surface area contributed by atoms with Gasteiger partial charge in [0.15, 0.2) is 5.75 Å². The van der Waals surface area contributed by atoms with E-state index in [0.717, 1.165) is 6.42 Å². The first-order valence-electron chi connectivity index (χ1n) is 11.5. The minimum absolute atomic E-state index is 0.0969. The molecule has 7 nitrogen and oxygen atoms in total. The molecule has 0 aromatic heterocycles. The van der Waals surface area contributed by atoms with Gasteiger partial charge in [-0.15, -0.1) is 0 Å². The van der Waals surface area contributed by atoms with Crippen LogP contribution in [0.15, 0.2) is 66.2 Å². The molecule has 0 radical (unpaired) electrons. The quantitative estimate of drug-likeness (QED) is 0.201. The Bertz CT molecular complexity index is 1330. The highest BCUT2D eigenvalue weighted by Gasteiger charge is 2.47. The summed E-state index contributed by atoms with van der Waals surface area (Å²) >= 11 is 12.6. The minimum atomic E-state index is -0.923. The molecule has 3 aromatic rings. The lowest BCUT2D eigenvalue weighted by atomic mass is 9.95. The summed E-state index contributed by atoms with van der Waals surface area (Å²) in [4.78, 5) is 28.0. The topological polar surface area (TPSA) is 85.3 Å². The van der Waals surface area contributed by atoms with Gasteiger partial charge in [-0.25, -0.2) is 0 Å². The highest BCUT2D eigenvalue weighted by Crippen LogP contribution is 2.44. The van der Waals surface area contributed by atoms with E-state index in [4.69, 9.17) is 37.4 Å². The Morgan fingerprint density at radius 3 is 2.05 bits per heavy atom. The third kappa shape index (κ3) is 5.10. The summed E-state index contributed by atoms with van der Waals surface area (Å²) in [5.41, 5.74) is 1.15. The summed E-state index contributed by atoms with van der Waals surface area (Å²) in [6, 6.07) is 15.7. The first-order valence-corrected chi connectivity index (χ1v) is 12.3. The van der Waals surface area contributed by atoms with Crippen molar-refractivity contribution in [1.29, 1.82) is 0 Å². The summed E-state index contributed by atoms with van der Waals surface area (Å²) < 4.78 is 16.1. The Morgan fingerprint density at radius 2 is 1.51 bits per heavy atom. The molecular weight excluding hydrogens is 517 g/mol. The number of anilines is 1. The molecule has 0 saturated carbocycles. The van der Waals surface area contributed by atoms with E-state index in [-0.39, 0.29) is 26.9 Å². The Kier molecular flexibility index (Phi) is 7.95. The molecule has 192 valence electrons. The van der Waals surface area contributed by atoms with Crippen molar-refractivity contribution in [2.75, 3.05) is 25.7 Å². The van der Waals surface area contributed by atoms with Gasteiger partial charge in [0, 0.05) is 11.3 Å². The Balaban J connectivity index is 1.89. The second-order valence-electron chi connectivity index (χ2n) is 8.26. The van der Waals surface area contributed by atoms with Crippen molar-refractivity contribution in [3.05, 3.63) is 87.4 Å². The zero-order valence-corrected chi connectivity index (χ0v) is 22.0. The van der Waals surface area contributed by atoms with Gasteiger partial charge >= 0.3 is 0 Å². The van der Waals surface area contributed by atoms with Gasteiger partial charge in [-0.3, -0.25) is 14.5 Å². The first kappa shape index (κ1) is 26.4. The third-order valence-corrected chi connectivity index (χ3v) is 6.50. The highest BCUT2D eigenvalue weighted by atomic mass is 35.5. The van der Waals surface area contributed by atoms with Crippen LogP contribution in [0.3, 0.4) is 0 Å². The van der Waals surface area contributed by atoms with Gasteiger partial charge in [0.05, 0.1) is 42.5 Å². The van der Waals surface area contributed by atoms with Gasteiger partial charge in [0.25, 0.3) is 11.7 Å². The highest BCUT2D eigenvalue weighted by molar-refractivity contribution is 6.51. The van der Waals surface area contributed by atoms with Crippen LogP contribution in [-0.4, -0.2) is 37.6 Å². The van der Waals surface area contributed by atoms with E-state index in [0.29, 0.717) is 29.4 Å². The van der Waals surface area contributed by atoms with Crippen LogP contribution in [0.1, 0.15) is 30.5 Å². The lowest BCUT2D eigenvalue weighted by Crippen LogP contribution is -2.29. The SMILES string of the molecule is CCCOc1ccc(C2/C(=C(\O)c3cc(Cl)c(OC)c(Cl)c3)C(=O)C(=O)N2c2ccc(OC)cc2)cc1. The van der Waals surface area contributed by atoms with Gasteiger partial charge in [0.2, 0.25) is 0 Å². The van der Waals surface area contributed by atoms with Gasteiger partial charge < -0.3 is 19.3 Å². The van der Waals surface area contributed by atoms with Gasteiger partial charge in [-0.1, -0.05) is 42.3 Å². The lowest BCUT2D eigenvalue weighted by molar-refractivity contribution is -0.132. The molecule has 1 amide bonds. The van der Waals surface area contributed by atoms with Crippen LogP contribution in [-0.2, 0) is 9.59 Å². The van der Waals surface area contributed by atoms with Crippen LogP contribution in [0.2, 0.25) is 10.0 Å². The molecule has 1 saturated heterocycles. The Morgan fingerprint density at radius 1 is 0.919 bits per heavy atom. The largest absolute Gasteiger partial charge is 0.507 e. The number of hydrogen-bond acceptors (Lipinski definition) is 6. The summed E-state index contributed by atoms with van der Waals surface area (Å²) in [7, 11) is 2.95. The molecule has 0 aliphatic carbocycles. The number of benzene rings is 3. The number of nitrogens with zero attached hydrogens (tertiary/aromatic N) is 1. The molecule has 1 heterocycles. The van der Waals surface area contributed by atoms with Crippen molar-refractivity contribution >= 4 is 46.3 Å². The standard InChI is InChI=1S/C28H25Cl2NO6/c1-4-13-37-20-9-5-16(6-10-20)24-23(25(32)17-14-21(29)27(36-3)22(30)15-17)26(33)28(34)31(24)18-7-11-19(35-2)12-8-18/h5-12,14-15,24,32H,4,13H2,1-3H3/b25-23+. The maximum Gasteiger partial charge on any atom is 0.300 e. The molecule has 1 atom stereocenters.